The summed E-state index contributed by atoms with van der Waals surface area (Å²) in [6, 6.07) is 3.50. The van der Waals surface area contributed by atoms with Crippen molar-refractivity contribution in [2.45, 2.75) is 31.8 Å². The standard InChI is InChI=1S/C15H14F2N4O2S/c16-11-3-1-2-9(14(11)17)7-21-10(4-5-13(21)23)6-12(22)20-15-18-8-19-24-15/h1-3,8,10H,4-7H2,(H,18,19,20,22). The molecule has 6 nitrogen and oxygen atoms in total. The number of carbonyl (C=O) groups is 2. The van der Waals surface area contributed by atoms with Crippen LogP contribution in [0, 0.1) is 11.6 Å². The first kappa shape index (κ1) is 16.4. The van der Waals surface area contributed by atoms with Crippen molar-refractivity contribution >= 4 is 28.5 Å². The van der Waals surface area contributed by atoms with Crippen molar-refractivity contribution < 1.29 is 18.4 Å². The molecular weight excluding hydrogens is 338 g/mol. The lowest BCUT2D eigenvalue weighted by Crippen LogP contribution is -2.35. The lowest BCUT2D eigenvalue weighted by molar-refractivity contribution is -0.130. The van der Waals surface area contributed by atoms with E-state index >= 15 is 0 Å². The monoisotopic (exact) mass is 352 g/mol. The van der Waals surface area contributed by atoms with E-state index in [1.165, 1.54) is 23.4 Å². The van der Waals surface area contributed by atoms with Crippen LogP contribution in [-0.2, 0) is 16.1 Å². The molecule has 1 aliphatic rings. The zero-order chi connectivity index (χ0) is 17.1. The van der Waals surface area contributed by atoms with E-state index in [-0.39, 0.29) is 42.8 Å². The molecule has 1 atom stereocenters. The van der Waals surface area contributed by atoms with Gasteiger partial charge in [-0.25, -0.2) is 13.8 Å². The average molecular weight is 352 g/mol. The number of aromatic nitrogens is 2. The Labute approximate surface area is 140 Å². The summed E-state index contributed by atoms with van der Waals surface area (Å²) in [5.74, 6) is -2.39. The molecule has 0 aliphatic carbocycles. The number of carbonyl (C=O) groups excluding carboxylic acids is 2. The van der Waals surface area contributed by atoms with Crippen LogP contribution in [0.3, 0.4) is 0 Å². The summed E-state index contributed by atoms with van der Waals surface area (Å²) in [6.07, 6.45) is 2.19. The van der Waals surface area contributed by atoms with Gasteiger partial charge in [0.2, 0.25) is 16.9 Å². The van der Waals surface area contributed by atoms with Gasteiger partial charge in [0, 0.05) is 42.5 Å². The predicted octanol–water partition coefficient (Wildman–Crippen LogP) is 2.34. The summed E-state index contributed by atoms with van der Waals surface area (Å²) in [6.45, 7) is -0.0564. The number of nitrogens with zero attached hydrogens (tertiary/aromatic N) is 3. The van der Waals surface area contributed by atoms with Crippen molar-refractivity contribution in [1.82, 2.24) is 14.3 Å². The Morgan fingerprint density at radius 2 is 2.25 bits per heavy atom. The molecule has 0 saturated carbocycles. The second kappa shape index (κ2) is 7.00. The topological polar surface area (TPSA) is 75.2 Å². The van der Waals surface area contributed by atoms with E-state index in [1.54, 1.807) is 0 Å². The van der Waals surface area contributed by atoms with Crippen molar-refractivity contribution in [1.29, 1.82) is 0 Å². The number of nitrogens with one attached hydrogen (secondary N) is 1. The molecule has 0 spiro atoms. The maximum absolute atomic E-state index is 13.8. The summed E-state index contributed by atoms with van der Waals surface area (Å²) >= 11 is 1.05. The SMILES string of the molecule is O=C(CC1CCC(=O)N1Cc1cccc(F)c1F)Nc1ncns1. The van der Waals surface area contributed by atoms with Crippen molar-refractivity contribution in [3.63, 3.8) is 0 Å². The van der Waals surface area contributed by atoms with E-state index in [4.69, 9.17) is 0 Å². The van der Waals surface area contributed by atoms with Gasteiger partial charge in [0.1, 0.15) is 6.33 Å². The summed E-state index contributed by atoms with van der Waals surface area (Å²) in [5.41, 5.74) is 0.0970. The minimum atomic E-state index is -0.964. The molecule has 1 aliphatic heterocycles. The van der Waals surface area contributed by atoms with Crippen LogP contribution in [-0.4, -0.2) is 32.1 Å². The lowest BCUT2D eigenvalue weighted by atomic mass is 10.1. The van der Waals surface area contributed by atoms with E-state index < -0.39 is 11.6 Å². The number of anilines is 1. The Morgan fingerprint density at radius 1 is 1.42 bits per heavy atom. The van der Waals surface area contributed by atoms with Crippen LogP contribution < -0.4 is 5.32 Å². The number of rotatable bonds is 5. The lowest BCUT2D eigenvalue weighted by Gasteiger charge is -2.24. The van der Waals surface area contributed by atoms with Gasteiger partial charge in [-0.15, -0.1) is 0 Å². The Bertz CT molecular complexity index is 754. The first-order valence-corrected chi connectivity index (χ1v) is 8.11. The minimum absolute atomic E-state index is 0.0564. The fourth-order valence-electron chi connectivity index (χ4n) is 2.69. The van der Waals surface area contributed by atoms with Crippen LogP contribution in [0.15, 0.2) is 24.5 Å². The zero-order valence-corrected chi connectivity index (χ0v) is 13.4. The maximum atomic E-state index is 13.8. The third-order valence-corrected chi connectivity index (χ3v) is 4.43. The molecule has 24 heavy (non-hydrogen) atoms. The average Bonchev–Trinajstić information content (AvgIpc) is 3.16. The molecule has 1 unspecified atom stereocenters. The van der Waals surface area contributed by atoms with Gasteiger partial charge >= 0.3 is 0 Å². The quantitative estimate of drug-likeness (QED) is 0.896. The molecule has 1 N–H and O–H groups in total. The molecule has 1 aromatic carbocycles. The Morgan fingerprint density at radius 3 is 3.00 bits per heavy atom. The Hall–Kier alpha value is -2.42. The fraction of sp³-hybridized carbons (Fsp3) is 0.333. The van der Waals surface area contributed by atoms with E-state index in [1.807, 2.05) is 0 Å². The smallest absolute Gasteiger partial charge is 0.228 e. The molecule has 2 amide bonds. The second-order valence-corrected chi connectivity index (χ2v) is 6.21. The summed E-state index contributed by atoms with van der Waals surface area (Å²) in [7, 11) is 0. The summed E-state index contributed by atoms with van der Waals surface area (Å²) in [5, 5.41) is 2.98. The van der Waals surface area contributed by atoms with Crippen molar-refractivity contribution in [2.24, 2.45) is 0 Å². The number of hydrogen-bond acceptors (Lipinski definition) is 5. The minimum Gasteiger partial charge on any atom is -0.335 e. The third-order valence-electron chi connectivity index (χ3n) is 3.85. The van der Waals surface area contributed by atoms with Gasteiger partial charge in [0.25, 0.3) is 0 Å². The van der Waals surface area contributed by atoms with Gasteiger partial charge in [-0.05, 0) is 12.5 Å². The molecule has 126 valence electrons. The molecule has 3 rings (SSSR count). The van der Waals surface area contributed by atoms with Gasteiger partial charge < -0.3 is 10.2 Å². The molecule has 1 aromatic heterocycles. The molecule has 0 radical (unpaired) electrons. The maximum Gasteiger partial charge on any atom is 0.228 e. The number of likely N-dealkylation sites (tertiary alicyclic amines) is 1. The predicted molar refractivity (Wildman–Crippen MR) is 83.1 cm³/mol. The van der Waals surface area contributed by atoms with Gasteiger partial charge in [-0.2, -0.15) is 4.37 Å². The normalized spacial score (nSPS) is 17.3. The molecular formula is C15H14F2N4O2S. The number of benzene rings is 1. The van der Waals surface area contributed by atoms with Gasteiger partial charge in [0.05, 0.1) is 0 Å². The zero-order valence-electron chi connectivity index (χ0n) is 12.5. The fourth-order valence-corrected chi connectivity index (χ4v) is 3.14. The van der Waals surface area contributed by atoms with Crippen LogP contribution in [0.1, 0.15) is 24.8 Å². The van der Waals surface area contributed by atoms with Gasteiger partial charge in [-0.1, -0.05) is 12.1 Å². The number of amides is 2. The first-order chi connectivity index (χ1) is 11.5. The van der Waals surface area contributed by atoms with E-state index in [0.29, 0.717) is 11.6 Å². The van der Waals surface area contributed by atoms with E-state index in [9.17, 15) is 18.4 Å². The van der Waals surface area contributed by atoms with Crippen LogP contribution >= 0.6 is 11.5 Å². The second-order valence-electron chi connectivity index (χ2n) is 5.43. The third kappa shape index (κ3) is 3.56. The molecule has 1 fully saturated rings. The molecule has 9 heteroatoms. The van der Waals surface area contributed by atoms with Crippen molar-refractivity contribution in [2.75, 3.05) is 5.32 Å². The number of hydrogen-bond donors (Lipinski definition) is 1. The van der Waals surface area contributed by atoms with Crippen LogP contribution in [0.2, 0.25) is 0 Å². The van der Waals surface area contributed by atoms with E-state index in [0.717, 1.165) is 17.6 Å². The van der Waals surface area contributed by atoms with Gasteiger partial charge in [0.15, 0.2) is 11.6 Å². The highest BCUT2D eigenvalue weighted by atomic mass is 32.1. The number of halogens is 2. The molecule has 1 saturated heterocycles. The highest BCUT2D eigenvalue weighted by molar-refractivity contribution is 7.09. The van der Waals surface area contributed by atoms with Gasteiger partial charge in [-0.3, -0.25) is 9.59 Å². The van der Waals surface area contributed by atoms with E-state index in [2.05, 4.69) is 14.7 Å². The highest BCUT2D eigenvalue weighted by Gasteiger charge is 2.33. The van der Waals surface area contributed by atoms with Crippen LogP contribution in [0.25, 0.3) is 0 Å². The molecule has 2 heterocycles. The molecule has 0 bridgehead atoms. The Balaban J connectivity index is 1.68. The first-order valence-electron chi connectivity index (χ1n) is 7.33. The molecule has 2 aromatic rings. The van der Waals surface area contributed by atoms with Crippen molar-refractivity contribution in [3.05, 3.63) is 41.7 Å². The van der Waals surface area contributed by atoms with Crippen LogP contribution in [0.4, 0.5) is 13.9 Å². The summed E-state index contributed by atoms with van der Waals surface area (Å²) < 4.78 is 30.9. The Kier molecular flexibility index (Phi) is 4.79. The van der Waals surface area contributed by atoms with Crippen LogP contribution in [0.5, 0.6) is 0 Å². The largest absolute Gasteiger partial charge is 0.335 e. The highest BCUT2D eigenvalue weighted by Crippen LogP contribution is 2.25. The van der Waals surface area contributed by atoms with Crippen molar-refractivity contribution in [3.8, 4) is 0 Å². The summed E-state index contributed by atoms with van der Waals surface area (Å²) in [4.78, 5) is 29.4.